The van der Waals surface area contributed by atoms with Gasteiger partial charge in [0.25, 0.3) is 5.69 Å². The molecule has 3 rings (SSSR count). The molecule has 2 aromatic rings. The van der Waals surface area contributed by atoms with Gasteiger partial charge in [-0.15, -0.1) is 24.0 Å². The minimum absolute atomic E-state index is 0. The molecule has 0 radical (unpaired) electrons. The summed E-state index contributed by atoms with van der Waals surface area (Å²) in [7, 11) is 1.74. The fourth-order valence-electron chi connectivity index (χ4n) is 3.44. The molecule has 1 aliphatic rings. The molecule has 2 atom stereocenters. The lowest BCUT2D eigenvalue weighted by Crippen LogP contribution is -2.48. The van der Waals surface area contributed by atoms with Crippen LogP contribution in [0, 0.1) is 16.0 Å². The van der Waals surface area contributed by atoms with E-state index in [0.717, 1.165) is 25.5 Å². The van der Waals surface area contributed by atoms with Crippen LogP contribution < -0.4 is 5.32 Å². The van der Waals surface area contributed by atoms with Crippen LogP contribution in [0.2, 0.25) is 0 Å². The number of aromatic nitrogens is 2. The molecule has 0 amide bonds. The predicted octanol–water partition coefficient (Wildman–Crippen LogP) is 3.07. The van der Waals surface area contributed by atoms with Gasteiger partial charge in [0.05, 0.1) is 17.3 Å². The Balaban J connectivity index is 0.00000261. The van der Waals surface area contributed by atoms with E-state index in [9.17, 15) is 10.1 Å². The second-order valence-corrected chi connectivity index (χ2v) is 6.58. The smallest absolute Gasteiger partial charge is 0.274 e. The van der Waals surface area contributed by atoms with Crippen molar-refractivity contribution in [3.05, 3.63) is 58.7 Å². The van der Waals surface area contributed by atoms with E-state index in [1.54, 1.807) is 25.4 Å². The molecule has 2 unspecified atom stereocenters. The summed E-state index contributed by atoms with van der Waals surface area (Å²) in [4.78, 5) is 21.6. The maximum absolute atomic E-state index is 11.2. The molecular formula is C18H25IN6O2. The third-order valence-corrected chi connectivity index (χ3v) is 4.96. The second-order valence-electron chi connectivity index (χ2n) is 6.58. The van der Waals surface area contributed by atoms with E-state index in [1.165, 1.54) is 6.07 Å². The van der Waals surface area contributed by atoms with Gasteiger partial charge in [-0.3, -0.25) is 15.1 Å². The topological polar surface area (TPSA) is 88.6 Å². The predicted molar refractivity (Wildman–Crippen MR) is 115 cm³/mol. The molecule has 1 aliphatic heterocycles. The normalized spacial score (nSPS) is 20.1. The first kappa shape index (κ1) is 21.1. The van der Waals surface area contributed by atoms with E-state index in [0.29, 0.717) is 24.1 Å². The van der Waals surface area contributed by atoms with Crippen LogP contribution in [0.1, 0.15) is 24.9 Å². The molecule has 0 saturated carbocycles. The fraction of sp³-hybridized carbons (Fsp3) is 0.444. The standard InChI is InChI=1S/C18H24N6O2.HI/c1-14-7-9-22(12-17(14)23-10-8-20-13-23)18(19-2)21-11-15-5-3-4-6-16(15)24(25)26;/h3-6,8,10,13-14,17H,7,9,11-12H2,1-2H3,(H,19,21);1H. The molecule has 1 aromatic carbocycles. The van der Waals surface area contributed by atoms with Gasteiger partial charge in [-0.2, -0.15) is 0 Å². The number of nitrogens with zero attached hydrogens (tertiary/aromatic N) is 5. The van der Waals surface area contributed by atoms with Crippen molar-refractivity contribution < 1.29 is 4.92 Å². The summed E-state index contributed by atoms with van der Waals surface area (Å²) in [5.41, 5.74) is 0.772. The number of likely N-dealkylation sites (tertiary alicyclic amines) is 1. The van der Waals surface area contributed by atoms with Crippen LogP contribution >= 0.6 is 24.0 Å². The van der Waals surface area contributed by atoms with Gasteiger partial charge in [0.15, 0.2) is 5.96 Å². The summed E-state index contributed by atoms with van der Waals surface area (Å²) in [5, 5.41) is 14.5. The first-order chi connectivity index (χ1) is 12.6. The summed E-state index contributed by atoms with van der Waals surface area (Å²) in [6, 6.07) is 7.11. The molecule has 2 heterocycles. The van der Waals surface area contributed by atoms with Crippen LogP contribution in [0.4, 0.5) is 5.69 Å². The second kappa shape index (κ2) is 9.67. The van der Waals surface area contributed by atoms with Crippen LogP contribution in [0.3, 0.4) is 0 Å². The number of benzene rings is 1. The number of aliphatic imine (C=N–C) groups is 1. The zero-order valence-corrected chi connectivity index (χ0v) is 17.8. The monoisotopic (exact) mass is 484 g/mol. The Morgan fingerprint density at radius 3 is 2.89 bits per heavy atom. The Morgan fingerprint density at radius 1 is 1.44 bits per heavy atom. The van der Waals surface area contributed by atoms with E-state index >= 15 is 0 Å². The van der Waals surface area contributed by atoms with Gasteiger partial charge in [-0.25, -0.2) is 4.98 Å². The average Bonchev–Trinajstić information content (AvgIpc) is 3.18. The number of imidazole rings is 1. The SMILES string of the molecule is CN=C(NCc1ccccc1[N+](=O)[O-])N1CCC(C)C(n2ccnc2)C1.I. The number of nitro benzene ring substituents is 1. The van der Waals surface area contributed by atoms with Crippen molar-refractivity contribution in [1.29, 1.82) is 0 Å². The van der Waals surface area contributed by atoms with Crippen molar-refractivity contribution in [2.24, 2.45) is 10.9 Å². The van der Waals surface area contributed by atoms with Crippen molar-refractivity contribution in [3.8, 4) is 0 Å². The fourth-order valence-corrected chi connectivity index (χ4v) is 3.44. The van der Waals surface area contributed by atoms with Crippen LogP contribution in [0.5, 0.6) is 0 Å². The van der Waals surface area contributed by atoms with E-state index in [-0.39, 0.29) is 34.6 Å². The third kappa shape index (κ3) is 4.96. The van der Waals surface area contributed by atoms with Gasteiger partial charge in [0.2, 0.25) is 0 Å². The Labute approximate surface area is 175 Å². The Bertz CT molecular complexity index is 780. The maximum Gasteiger partial charge on any atom is 0.274 e. The highest BCUT2D eigenvalue weighted by Gasteiger charge is 2.29. The molecule has 1 saturated heterocycles. The van der Waals surface area contributed by atoms with Crippen molar-refractivity contribution in [3.63, 3.8) is 0 Å². The van der Waals surface area contributed by atoms with Crippen LogP contribution in [-0.2, 0) is 6.54 Å². The van der Waals surface area contributed by atoms with Crippen LogP contribution in [-0.4, -0.2) is 45.5 Å². The van der Waals surface area contributed by atoms with Crippen molar-refractivity contribution in [2.45, 2.75) is 25.9 Å². The maximum atomic E-state index is 11.2. The summed E-state index contributed by atoms with van der Waals surface area (Å²) in [6.45, 7) is 4.36. The molecule has 0 spiro atoms. The highest BCUT2D eigenvalue weighted by Crippen LogP contribution is 2.27. The number of guanidine groups is 1. The average molecular weight is 484 g/mol. The van der Waals surface area contributed by atoms with E-state index in [2.05, 4.69) is 31.7 Å². The number of nitrogens with one attached hydrogen (secondary N) is 1. The number of halogens is 1. The number of hydrogen-bond donors (Lipinski definition) is 1. The summed E-state index contributed by atoms with van der Waals surface area (Å²) in [6.07, 6.45) is 6.70. The number of hydrogen-bond acceptors (Lipinski definition) is 4. The number of nitro groups is 1. The summed E-state index contributed by atoms with van der Waals surface area (Å²) in [5.74, 6) is 1.31. The molecule has 1 fully saturated rings. The first-order valence-electron chi connectivity index (χ1n) is 8.75. The van der Waals surface area contributed by atoms with E-state index in [4.69, 9.17) is 0 Å². The third-order valence-electron chi connectivity index (χ3n) is 4.96. The molecule has 8 nitrogen and oxygen atoms in total. The van der Waals surface area contributed by atoms with Crippen LogP contribution in [0.15, 0.2) is 48.0 Å². The number of piperidine rings is 1. The lowest BCUT2D eigenvalue weighted by Gasteiger charge is -2.39. The zero-order chi connectivity index (χ0) is 18.5. The van der Waals surface area contributed by atoms with Gasteiger partial charge < -0.3 is 14.8 Å². The highest BCUT2D eigenvalue weighted by atomic mass is 127. The molecule has 1 aromatic heterocycles. The molecule has 0 bridgehead atoms. The minimum Gasteiger partial charge on any atom is -0.352 e. The molecule has 146 valence electrons. The Morgan fingerprint density at radius 2 is 2.22 bits per heavy atom. The molecular weight excluding hydrogens is 459 g/mol. The van der Waals surface area contributed by atoms with Gasteiger partial charge >= 0.3 is 0 Å². The molecule has 0 aliphatic carbocycles. The summed E-state index contributed by atoms with van der Waals surface area (Å²) >= 11 is 0. The van der Waals surface area contributed by atoms with Gasteiger partial charge in [0.1, 0.15) is 0 Å². The van der Waals surface area contributed by atoms with Crippen LogP contribution in [0.25, 0.3) is 0 Å². The number of para-hydroxylation sites is 1. The lowest BCUT2D eigenvalue weighted by atomic mass is 9.93. The van der Waals surface area contributed by atoms with Gasteiger partial charge in [-0.1, -0.05) is 25.1 Å². The van der Waals surface area contributed by atoms with Crippen molar-refractivity contribution >= 4 is 35.6 Å². The quantitative estimate of drug-likeness (QED) is 0.237. The van der Waals surface area contributed by atoms with E-state index < -0.39 is 0 Å². The molecule has 1 N–H and O–H groups in total. The first-order valence-corrected chi connectivity index (χ1v) is 8.75. The largest absolute Gasteiger partial charge is 0.352 e. The van der Waals surface area contributed by atoms with Crippen molar-refractivity contribution in [1.82, 2.24) is 19.8 Å². The molecule has 9 heteroatoms. The Hall–Kier alpha value is -2.17. The summed E-state index contributed by atoms with van der Waals surface area (Å²) < 4.78 is 2.14. The van der Waals surface area contributed by atoms with Crippen molar-refractivity contribution in [2.75, 3.05) is 20.1 Å². The minimum atomic E-state index is -0.350. The van der Waals surface area contributed by atoms with E-state index in [1.807, 2.05) is 18.6 Å². The lowest BCUT2D eigenvalue weighted by molar-refractivity contribution is -0.385. The Kier molecular flexibility index (Phi) is 7.57. The zero-order valence-electron chi connectivity index (χ0n) is 15.5. The number of rotatable bonds is 4. The van der Waals surface area contributed by atoms with Gasteiger partial charge in [-0.05, 0) is 12.3 Å². The van der Waals surface area contributed by atoms with Gasteiger partial charge in [0, 0.05) is 50.7 Å². The molecule has 27 heavy (non-hydrogen) atoms. The highest BCUT2D eigenvalue weighted by molar-refractivity contribution is 14.0.